The molecule has 0 spiro atoms. The number of hydrogen-bond donors (Lipinski definition) is 2. The van der Waals surface area contributed by atoms with Gasteiger partial charge in [-0.15, -0.1) is 0 Å². The van der Waals surface area contributed by atoms with Gasteiger partial charge in [0.15, 0.2) is 0 Å². The fraction of sp³-hybridized carbons (Fsp3) is 0.400. The zero-order valence-electron chi connectivity index (χ0n) is 11.9. The first-order valence-electron chi connectivity index (χ1n) is 6.43. The number of hydrogen-bond acceptors (Lipinski definition) is 2. The molecule has 2 rings (SSSR count). The highest BCUT2D eigenvalue weighted by Gasteiger charge is 2.21. The van der Waals surface area contributed by atoms with Crippen LogP contribution in [0.2, 0.25) is 0 Å². The number of carbonyl (C=O) groups excluding carboxylic acids is 1. The van der Waals surface area contributed by atoms with Crippen molar-refractivity contribution in [3.8, 4) is 0 Å². The molecular weight excluding hydrogens is 238 g/mol. The van der Waals surface area contributed by atoms with E-state index < -0.39 is 5.54 Å². The summed E-state index contributed by atoms with van der Waals surface area (Å²) in [6, 6.07) is 8.09. The van der Waals surface area contributed by atoms with E-state index >= 15 is 0 Å². The molecule has 0 aliphatic rings. The first-order valence-corrected chi connectivity index (χ1v) is 6.43. The first kappa shape index (κ1) is 13.6. The van der Waals surface area contributed by atoms with E-state index in [2.05, 4.69) is 11.4 Å². The zero-order chi connectivity index (χ0) is 14.2. The van der Waals surface area contributed by atoms with E-state index in [0.29, 0.717) is 12.2 Å². The summed E-state index contributed by atoms with van der Waals surface area (Å²) in [4.78, 5) is 12.3. The van der Waals surface area contributed by atoms with Crippen LogP contribution in [0.3, 0.4) is 0 Å². The maximum Gasteiger partial charge on any atom is 0.268 e. The van der Waals surface area contributed by atoms with Gasteiger partial charge >= 0.3 is 0 Å². The lowest BCUT2D eigenvalue weighted by Gasteiger charge is -2.24. The Kier molecular flexibility index (Phi) is 3.37. The van der Waals surface area contributed by atoms with Crippen molar-refractivity contribution in [3.05, 3.63) is 35.5 Å². The molecule has 19 heavy (non-hydrogen) atoms. The molecule has 0 atom stereocenters. The van der Waals surface area contributed by atoms with Gasteiger partial charge in [0.1, 0.15) is 5.69 Å². The molecule has 1 aromatic heterocycles. The van der Waals surface area contributed by atoms with Gasteiger partial charge in [-0.2, -0.15) is 0 Å². The van der Waals surface area contributed by atoms with Gasteiger partial charge < -0.3 is 15.6 Å². The number of aromatic nitrogens is 1. The van der Waals surface area contributed by atoms with Gasteiger partial charge in [-0.1, -0.05) is 11.6 Å². The highest BCUT2D eigenvalue weighted by molar-refractivity contribution is 5.99. The summed E-state index contributed by atoms with van der Waals surface area (Å²) in [7, 11) is 1.90. The van der Waals surface area contributed by atoms with Crippen LogP contribution in [0.5, 0.6) is 0 Å². The second kappa shape index (κ2) is 4.70. The quantitative estimate of drug-likeness (QED) is 0.885. The number of nitrogens with zero attached hydrogens (tertiary/aromatic N) is 1. The fourth-order valence-corrected chi connectivity index (χ4v) is 2.11. The maximum absolute atomic E-state index is 12.3. The highest BCUT2D eigenvalue weighted by atomic mass is 16.2. The summed E-state index contributed by atoms with van der Waals surface area (Å²) < 4.78 is 1.91. The van der Waals surface area contributed by atoms with Crippen LogP contribution in [0.1, 0.15) is 29.9 Å². The lowest BCUT2D eigenvalue weighted by molar-refractivity contribution is 0.0908. The number of nitrogens with two attached hydrogens (primary N) is 1. The minimum absolute atomic E-state index is 0.0909. The van der Waals surface area contributed by atoms with Crippen LogP contribution in [0.25, 0.3) is 10.9 Å². The molecule has 4 heteroatoms. The molecule has 0 saturated heterocycles. The molecule has 102 valence electrons. The fourth-order valence-electron chi connectivity index (χ4n) is 2.11. The predicted molar refractivity (Wildman–Crippen MR) is 78.3 cm³/mol. The monoisotopic (exact) mass is 259 g/mol. The average molecular weight is 259 g/mol. The molecule has 1 amide bonds. The largest absolute Gasteiger partial charge is 0.345 e. The minimum Gasteiger partial charge on any atom is -0.345 e. The molecule has 0 saturated carbocycles. The van der Waals surface area contributed by atoms with Crippen LogP contribution in [-0.4, -0.2) is 22.6 Å². The van der Waals surface area contributed by atoms with E-state index in [1.807, 2.05) is 50.6 Å². The summed E-state index contributed by atoms with van der Waals surface area (Å²) in [6.45, 7) is 6.28. The maximum atomic E-state index is 12.3. The van der Waals surface area contributed by atoms with Gasteiger partial charge in [0.2, 0.25) is 0 Å². The zero-order valence-corrected chi connectivity index (χ0v) is 11.9. The van der Waals surface area contributed by atoms with Crippen molar-refractivity contribution in [1.29, 1.82) is 0 Å². The topological polar surface area (TPSA) is 60.1 Å². The van der Waals surface area contributed by atoms with Gasteiger partial charge in [0.05, 0.1) is 0 Å². The van der Waals surface area contributed by atoms with Crippen molar-refractivity contribution in [3.63, 3.8) is 0 Å². The average Bonchev–Trinajstić information content (AvgIpc) is 2.66. The smallest absolute Gasteiger partial charge is 0.268 e. The second-order valence-corrected chi connectivity index (χ2v) is 5.69. The summed E-state index contributed by atoms with van der Waals surface area (Å²) in [5.41, 5.74) is 8.14. The minimum atomic E-state index is -0.399. The molecule has 1 heterocycles. The molecule has 2 aromatic rings. The van der Waals surface area contributed by atoms with Crippen LogP contribution >= 0.6 is 0 Å². The number of benzene rings is 1. The van der Waals surface area contributed by atoms with E-state index in [1.165, 1.54) is 5.56 Å². The molecule has 0 unspecified atom stereocenters. The standard InChI is InChI=1S/C15H21N3O/c1-10-5-6-12-11(7-10)8-13(18(12)4)14(19)17-15(2,3)9-16/h5-8H,9,16H2,1-4H3,(H,17,19). The van der Waals surface area contributed by atoms with Crippen LogP contribution in [0.15, 0.2) is 24.3 Å². The Hall–Kier alpha value is -1.81. The summed E-state index contributed by atoms with van der Waals surface area (Å²) in [5.74, 6) is -0.0909. The molecule has 0 aliphatic heterocycles. The van der Waals surface area contributed by atoms with E-state index in [1.54, 1.807) is 0 Å². The van der Waals surface area contributed by atoms with Crippen LogP contribution in [0.4, 0.5) is 0 Å². The van der Waals surface area contributed by atoms with Crippen molar-refractivity contribution in [2.24, 2.45) is 12.8 Å². The third-order valence-electron chi connectivity index (χ3n) is 3.39. The summed E-state index contributed by atoms with van der Waals surface area (Å²) >= 11 is 0. The van der Waals surface area contributed by atoms with Crippen molar-refractivity contribution in [2.45, 2.75) is 26.3 Å². The van der Waals surface area contributed by atoms with E-state index in [9.17, 15) is 4.79 Å². The molecule has 4 nitrogen and oxygen atoms in total. The number of rotatable bonds is 3. The van der Waals surface area contributed by atoms with Gasteiger partial charge in [0.25, 0.3) is 5.91 Å². The molecule has 3 N–H and O–H groups in total. The lowest BCUT2D eigenvalue weighted by Crippen LogP contribution is -2.49. The molecule has 1 aromatic carbocycles. The number of aryl methyl sites for hydroxylation is 2. The Bertz CT molecular complexity index is 626. The predicted octanol–water partition coefficient (Wildman–Crippen LogP) is 1.95. The molecule has 0 aliphatic carbocycles. The van der Waals surface area contributed by atoms with E-state index in [4.69, 9.17) is 5.73 Å². The first-order chi connectivity index (χ1) is 8.84. The number of nitrogens with one attached hydrogen (secondary N) is 1. The van der Waals surface area contributed by atoms with Gasteiger partial charge in [-0.05, 0) is 39.0 Å². The third-order valence-corrected chi connectivity index (χ3v) is 3.39. The van der Waals surface area contributed by atoms with Crippen molar-refractivity contribution in [2.75, 3.05) is 6.54 Å². The van der Waals surface area contributed by atoms with Crippen molar-refractivity contribution in [1.82, 2.24) is 9.88 Å². The summed E-state index contributed by atoms with van der Waals surface area (Å²) in [5, 5.41) is 4.04. The Morgan fingerprint density at radius 3 is 2.68 bits per heavy atom. The molecular formula is C15H21N3O. The number of carbonyl (C=O) groups is 1. The Labute approximate surface area is 113 Å². The Balaban J connectivity index is 2.40. The Morgan fingerprint density at radius 1 is 1.37 bits per heavy atom. The van der Waals surface area contributed by atoms with Crippen molar-refractivity contribution < 1.29 is 4.79 Å². The van der Waals surface area contributed by atoms with Crippen molar-refractivity contribution >= 4 is 16.8 Å². The lowest BCUT2D eigenvalue weighted by atomic mass is 10.1. The van der Waals surface area contributed by atoms with Crippen LogP contribution in [0, 0.1) is 6.92 Å². The normalized spacial score (nSPS) is 11.8. The van der Waals surface area contributed by atoms with Gasteiger partial charge in [-0.3, -0.25) is 4.79 Å². The number of fused-ring (bicyclic) bond motifs is 1. The second-order valence-electron chi connectivity index (χ2n) is 5.69. The van der Waals surface area contributed by atoms with E-state index in [-0.39, 0.29) is 5.91 Å². The molecule has 0 radical (unpaired) electrons. The van der Waals surface area contributed by atoms with Crippen LogP contribution < -0.4 is 11.1 Å². The third kappa shape index (κ3) is 2.63. The number of amides is 1. The summed E-state index contributed by atoms with van der Waals surface area (Å²) in [6.07, 6.45) is 0. The highest BCUT2D eigenvalue weighted by Crippen LogP contribution is 2.20. The van der Waals surface area contributed by atoms with E-state index in [0.717, 1.165) is 10.9 Å². The van der Waals surface area contributed by atoms with Crippen LogP contribution in [-0.2, 0) is 7.05 Å². The van der Waals surface area contributed by atoms with Gasteiger partial charge in [-0.25, -0.2) is 0 Å². The Morgan fingerprint density at radius 2 is 2.05 bits per heavy atom. The van der Waals surface area contributed by atoms with Gasteiger partial charge in [0, 0.05) is 30.0 Å². The SMILES string of the molecule is Cc1ccc2c(c1)cc(C(=O)NC(C)(C)CN)n2C. The molecule has 0 bridgehead atoms. The molecule has 0 fully saturated rings.